The minimum absolute atomic E-state index is 0.166. The number of ether oxygens (including phenoxy) is 1. The molecule has 0 spiro atoms. The SMILES string of the molecule is CCCC(CNCCOC)Cc1cc(F)ccc1Br. The molecule has 1 atom stereocenters. The van der Waals surface area contributed by atoms with Gasteiger partial charge in [-0.25, -0.2) is 4.39 Å². The van der Waals surface area contributed by atoms with Crippen molar-refractivity contribution in [3.05, 3.63) is 34.1 Å². The molecule has 0 aromatic heterocycles. The largest absolute Gasteiger partial charge is 0.383 e. The van der Waals surface area contributed by atoms with E-state index in [1.165, 1.54) is 6.07 Å². The lowest BCUT2D eigenvalue weighted by atomic mass is 9.95. The smallest absolute Gasteiger partial charge is 0.123 e. The molecule has 0 aliphatic carbocycles. The molecule has 0 saturated heterocycles. The zero-order valence-corrected chi connectivity index (χ0v) is 13.3. The molecule has 1 aromatic rings. The van der Waals surface area contributed by atoms with E-state index >= 15 is 0 Å². The van der Waals surface area contributed by atoms with Crippen LogP contribution in [0.25, 0.3) is 0 Å². The molecule has 0 fully saturated rings. The van der Waals surface area contributed by atoms with Gasteiger partial charge < -0.3 is 10.1 Å². The third-order valence-corrected chi connectivity index (χ3v) is 3.90. The molecular formula is C15H23BrFNO. The van der Waals surface area contributed by atoms with Crippen LogP contribution in [0.5, 0.6) is 0 Å². The van der Waals surface area contributed by atoms with E-state index in [2.05, 4.69) is 28.2 Å². The van der Waals surface area contributed by atoms with Gasteiger partial charge in [-0.3, -0.25) is 0 Å². The lowest BCUT2D eigenvalue weighted by Crippen LogP contribution is -2.27. The summed E-state index contributed by atoms with van der Waals surface area (Å²) in [6.07, 6.45) is 3.18. The van der Waals surface area contributed by atoms with Gasteiger partial charge in [-0.15, -0.1) is 0 Å². The second-order valence-corrected chi connectivity index (χ2v) is 5.65. The fourth-order valence-corrected chi connectivity index (χ4v) is 2.58. The molecule has 1 rings (SSSR count). The quantitative estimate of drug-likeness (QED) is 0.695. The average molecular weight is 332 g/mol. The molecular weight excluding hydrogens is 309 g/mol. The monoisotopic (exact) mass is 331 g/mol. The van der Waals surface area contributed by atoms with Gasteiger partial charge in [0.15, 0.2) is 0 Å². The predicted octanol–water partition coefficient (Wildman–Crippen LogP) is 3.78. The third-order valence-electron chi connectivity index (χ3n) is 3.13. The number of hydrogen-bond acceptors (Lipinski definition) is 2. The van der Waals surface area contributed by atoms with Crippen LogP contribution in [-0.2, 0) is 11.2 Å². The standard InChI is InChI=1S/C15H23BrFNO/c1-3-4-12(11-18-7-8-19-2)9-13-10-14(17)5-6-15(13)16/h5-6,10,12,18H,3-4,7-9,11H2,1-2H3. The van der Waals surface area contributed by atoms with Crippen molar-refractivity contribution in [1.82, 2.24) is 5.32 Å². The Labute approximate surface area is 123 Å². The molecule has 1 N–H and O–H groups in total. The van der Waals surface area contributed by atoms with Crippen molar-refractivity contribution >= 4 is 15.9 Å². The van der Waals surface area contributed by atoms with Gasteiger partial charge in [0.2, 0.25) is 0 Å². The molecule has 19 heavy (non-hydrogen) atoms. The van der Waals surface area contributed by atoms with Crippen LogP contribution >= 0.6 is 15.9 Å². The van der Waals surface area contributed by atoms with E-state index in [0.29, 0.717) is 5.92 Å². The third kappa shape index (κ3) is 6.50. The van der Waals surface area contributed by atoms with Crippen LogP contribution in [0.1, 0.15) is 25.3 Å². The van der Waals surface area contributed by atoms with Crippen molar-refractivity contribution in [2.45, 2.75) is 26.2 Å². The van der Waals surface area contributed by atoms with E-state index in [0.717, 1.165) is 49.0 Å². The summed E-state index contributed by atoms with van der Waals surface area (Å²) in [5.41, 5.74) is 1.05. The van der Waals surface area contributed by atoms with Crippen molar-refractivity contribution < 1.29 is 9.13 Å². The van der Waals surface area contributed by atoms with Gasteiger partial charge in [0.25, 0.3) is 0 Å². The van der Waals surface area contributed by atoms with Crippen molar-refractivity contribution in [2.75, 3.05) is 26.8 Å². The first-order valence-corrected chi connectivity index (χ1v) is 7.60. The minimum Gasteiger partial charge on any atom is -0.383 e. The molecule has 4 heteroatoms. The van der Waals surface area contributed by atoms with Gasteiger partial charge in [0.05, 0.1) is 6.61 Å². The molecule has 0 saturated carbocycles. The summed E-state index contributed by atoms with van der Waals surface area (Å²) in [6, 6.07) is 4.90. The van der Waals surface area contributed by atoms with Crippen molar-refractivity contribution in [1.29, 1.82) is 0 Å². The van der Waals surface area contributed by atoms with Crippen molar-refractivity contribution in [3.8, 4) is 0 Å². The van der Waals surface area contributed by atoms with Gasteiger partial charge in [-0.1, -0.05) is 29.3 Å². The van der Waals surface area contributed by atoms with E-state index < -0.39 is 0 Å². The lowest BCUT2D eigenvalue weighted by Gasteiger charge is -2.18. The van der Waals surface area contributed by atoms with Gasteiger partial charge in [0.1, 0.15) is 5.82 Å². The lowest BCUT2D eigenvalue weighted by molar-refractivity contribution is 0.197. The van der Waals surface area contributed by atoms with Crippen LogP contribution in [0.2, 0.25) is 0 Å². The number of methoxy groups -OCH3 is 1. The molecule has 0 amide bonds. The zero-order chi connectivity index (χ0) is 14.1. The number of hydrogen-bond donors (Lipinski definition) is 1. The van der Waals surface area contributed by atoms with Crippen molar-refractivity contribution in [3.63, 3.8) is 0 Å². The van der Waals surface area contributed by atoms with E-state index in [9.17, 15) is 4.39 Å². The number of benzene rings is 1. The molecule has 2 nitrogen and oxygen atoms in total. The maximum absolute atomic E-state index is 13.3. The first-order chi connectivity index (χ1) is 9.17. The Bertz CT molecular complexity index is 373. The Morgan fingerprint density at radius 3 is 2.89 bits per heavy atom. The molecule has 0 aliphatic heterocycles. The highest BCUT2D eigenvalue weighted by molar-refractivity contribution is 9.10. The Morgan fingerprint density at radius 1 is 1.42 bits per heavy atom. The summed E-state index contributed by atoms with van der Waals surface area (Å²) >= 11 is 3.50. The number of nitrogens with one attached hydrogen (secondary N) is 1. The first-order valence-electron chi connectivity index (χ1n) is 6.81. The van der Waals surface area contributed by atoms with E-state index in [4.69, 9.17) is 4.74 Å². The Balaban J connectivity index is 2.54. The maximum atomic E-state index is 13.3. The predicted molar refractivity (Wildman–Crippen MR) is 80.9 cm³/mol. The molecule has 0 aliphatic rings. The van der Waals surface area contributed by atoms with E-state index in [1.807, 2.05) is 0 Å². The zero-order valence-electron chi connectivity index (χ0n) is 11.7. The summed E-state index contributed by atoms with van der Waals surface area (Å²) in [7, 11) is 1.70. The first kappa shape index (κ1) is 16.6. The topological polar surface area (TPSA) is 21.3 Å². The van der Waals surface area contributed by atoms with Gasteiger partial charge in [-0.2, -0.15) is 0 Å². The van der Waals surface area contributed by atoms with E-state index in [-0.39, 0.29) is 5.82 Å². The Morgan fingerprint density at radius 2 is 2.21 bits per heavy atom. The molecule has 108 valence electrons. The van der Waals surface area contributed by atoms with Crippen molar-refractivity contribution in [2.24, 2.45) is 5.92 Å². The summed E-state index contributed by atoms with van der Waals surface area (Å²) in [6.45, 7) is 4.71. The highest BCUT2D eigenvalue weighted by Crippen LogP contribution is 2.22. The number of halogens is 2. The fraction of sp³-hybridized carbons (Fsp3) is 0.600. The average Bonchev–Trinajstić information content (AvgIpc) is 2.39. The normalized spacial score (nSPS) is 12.6. The second kappa shape index (κ2) is 9.45. The van der Waals surface area contributed by atoms with Crippen LogP contribution in [0.3, 0.4) is 0 Å². The molecule has 1 aromatic carbocycles. The summed E-state index contributed by atoms with van der Waals surface area (Å²) in [4.78, 5) is 0. The highest BCUT2D eigenvalue weighted by Gasteiger charge is 2.11. The Kier molecular flexibility index (Phi) is 8.26. The molecule has 0 heterocycles. The Hall–Kier alpha value is -0.450. The molecule has 0 bridgehead atoms. The van der Waals surface area contributed by atoms with Gasteiger partial charge in [-0.05, 0) is 49.1 Å². The fourth-order valence-electron chi connectivity index (χ4n) is 2.18. The van der Waals surface area contributed by atoms with Crippen LogP contribution in [0, 0.1) is 11.7 Å². The molecule has 0 radical (unpaired) electrons. The van der Waals surface area contributed by atoms with E-state index in [1.54, 1.807) is 19.2 Å². The summed E-state index contributed by atoms with van der Waals surface area (Å²) in [5, 5.41) is 3.39. The van der Waals surface area contributed by atoms with Crippen LogP contribution in [0.4, 0.5) is 4.39 Å². The highest BCUT2D eigenvalue weighted by atomic mass is 79.9. The van der Waals surface area contributed by atoms with Crippen LogP contribution in [0.15, 0.2) is 22.7 Å². The van der Waals surface area contributed by atoms with Crippen LogP contribution < -0.4 is 5.32 Å². The van der Waals surface area contributed by atoms with Gasteiger partial charge >= 0.3 is 0 Å². The second-order valence-electron chi connectivity index (χ2n) is 4.79. The summed E-state index contributed by atoms with van der Waals surface area (Å²) in [5.74, 6) is 0.362. The van der Waals surface area contributed by atoms with Gasteiger partial charge in [0, 0.05) is 18.1 Å². The molecule has 1 unspecified atom stereocenters. The summed E-state index contributed by atoms with van der Waals surface area (Å²) < 4.78 is 19.3. The minimum atomic E-state index is -0.166. The number of rotatable bonds is 9. The van der Waals surface area contributed by atoms with Crippen LogP contribution in [-0.4, -0.2) is 26.8 Å². The maximum Gasteiger partial charge on any atom is 0.123 e.